The zero-order valence-electron chi connectivity index (χ0n) is 11.4. The van der Waals surface area contributed by atoms with E-state index < -0.39 is 24.5 Å². The van der Waals surface area contributed by atoms with Crippen LogP contribution in [0.4, 0.5) is 13.2 Å². The third-order valence-electron chi connectivity index (χ3n) is 4.01. The zero-order chi connectivity index (χ0) is 14.5. The molecule has 1 fully saturated rings. The molecular formula is C13H24F3NO2. The van der Waals surface area contributed by atoms with Gasteiger partial charge in [-0.3, -0.25) is 0 Å². The van der Waals surface area contributed by atoms with Crippen LogP contribution in [0, 0.1) is 5.92 Å². The lowest BCUT2D eigenvalue weighted by molar-refractivity contribution is -0.230. The maximum atomic E-state index is 12.2. The molecule has 0 amide bonds. The number of alkyl halides is 3. The molecule has 0 bridgehead atoms. The predicted octanol–water partition coefficient (Wildman–Crippen LogP) is 2.61. The van der Waals surface area contributed by atoms with Crippen molar-refractivity contribution in [2.24, 2.45) is 11.7 Å². The molecule has 1 rings (SSSR count). The van der Waals surface area contributed by atoms with Crippen molar-refractivity contribution in [3.8, 4) is 0 Å². The zero-order valence-corrected chi connectivity index (χ0v) is 11.4. The monoisotopic (exact) mass is 283 g/mol. The fourth-order valence-corrected chi connectivity index (χ4v) is 2.66. The Balaban J connectivity index is 2.45. The molecule has 1 unspecified atom stereocenters. The van der Waals surface area contributed by atoms with Gasteiger partial charge in [0.2, 0.25) is 0 Å². The van der Waals surface area contributed by atoms with Gasteiger partial charge >= 0.3 is 6.18 Å². The third kappa shape index (κ3) is 4.93. The fourth-order valence-electron chi connectivity index (χ4n) is 2.66. The van der Waals surface area contributed by atoms with Gasteiger partial charge < -0.3 is 15.6 Å². The van der Waals surface area contributed by atoms with Crippen LogP contribution in [0.2, 0.25) is 0 Å². The normalized spacial score (nSPS) is 30.3. The minimum absolute atomic E-state index is 0.205. The second kappa shape index (κ2) is 6.90. The van der Waals surface area contributed by atoms with Crippen LogP contribution < -0.4 is 5.73 Å². The number of rotatable bonds is 6. The first-order valence-corrected chi connectivity index (χ1v) is 6.92. The molecule has 0 aromatic rings. The lowest BCUT2D eigenvalue weighted by atomic mass is 9.77. The van der Waals surface area contributed by atoms with E-state index in [0.717, 1.165) is 25.7 Å². The SMILES string of the molecule is CCCC1CCC(CN)(OCC(O)C(F)(F)F)CC1. The molecule has 19 heavy (non-hydrogen) atoms. The highest BCUT2D eigenvalue weighted by molar-refractivity contribution is 4.88. The minimum atomic E-state index is -4.63. The Morgan fingerprint density at radius 2 is 1.95 bits per heavy atom. The summed E-state index contributed by atoms with van der Waals surface area (Å²) < 4.78 is 42.0. The van der Waals surface area contributed by atoms with E-state index in [0.29, 0.717) is 18.8 Å². The Hall–Kier alpha value is -0.330. The van der Waals surface area contributed by atoms with Crippen molar-refractivity contribution in [2.75, 3.05) is 13.2 Å². The van der Waals surface area contributed by atoms with E-state index in [1.807, 2.05) is 0 Å². The predicted molar refractivity (Wildman–Crippen MR) is 66.7 cm³/mol. The van der Waals surface area contributed by atoms with Crippen molar-refractivity contribution in [1.82, 2.24) is 0 Å². The van der Waals surface area contributed by atoms with E-state index in [2.05, 4.69) is 6.92 Å². The fraction of sp³-hybridized carbons (Fsp3) is 1.00. The van der Waals surface area contributed by atoms with Gasteiger partial charge in [-0.25, -0.2) is 0 Å². The summed E-state index contributed by atoms with van der Waals surface area (Å²) in [4.78, 5) is 0. The molecule has 1 aliphatic carbocycles. The number of ether oxygens (including phenoxy) is 1. The highest BCUT2D eigenvalue weighted by atomic mass is 19.4. The number of halogens is 3. The molecule has 0 aromatic heterocycles. The Labute approximate surface area is 112 Å². The number of aliphatic hydroxyl groups is 1. The molecule has 3 nitrogen and oxygen atoms in total. The van der Waals surface area contributed by atoms with Gasteiger partial charge in [-0.05, 0) is 31.6 Å². The van der Waals surface area contributed by atoms with Crippen molar-refractivity contribution < 1.29 is 23.0 Å². The molecule has 0 heterocycles. The molecule has 0 saturated heterocycles. The molecule has 114 valence electrons. The first kappa shape index (κ1) is 16.7. The first-order chi connectivity index (χ1) is 8.83. The van der Waals surface area contributed by atoms with Crippen molar-refractivity contribution in [3.63, 3.8) is 0 Å². The maximum absolute atomic E-state index is 12.2. The van der Waals surface area contributed by atoms with Crippen LogP contribution in [-0.2, 0) is 4.74 Å². The molecule has 6 heteroatoms. The van der Waals surface area contributed by atoms with Crippen molar-refractivity contribution in [1.29, 1.82) is 0 Å². The molecule has 0 aromatic carbocycles. The number of hydrogen-bond acceptors (Lipinski definition) is 3. The minimum Gasteiger partial charge on any atom is -0.382 e. The Kier molecular flexibility index (Phi) is 6.08. The first-order valence-electron chi connectivity index (χ1n) is 6.92. The second-order valence-corrected chi connectivity index (χ2v) is 5.49. The molecule has 0 radical (unpaired) electrons. The Morgan fingerprint density at radius 1 is 1.37 bits per heavy atom. The molecule has 3 N–H and O–H groups in total. The number of nitrogens with two attached hydrogens (primary N) is 1. The summed E-state index contributed by atoms with van der Waals surface area (Å²) in [6, 6.07) is 0. The Bertz CT molecular complexity index is 263. The van der Waals surface area contributed by atoms with Gasteiger partial charge in [0.05, 0.1) is 12.2 Å². The van der Waals surface area contributed by atoms with Crippen LogP contribution in [0.15, 0.2) is 0 Å². The topological polar surface area (TPSA) is 55.5 Å². The van der Waals surface area contributed by atoms with Crippen molar-refractivity contribution >= 4 is 0 Å². The molecular weight excluding hydrogens is 259 g/mol. The lowest BCUT2D eigenvalue weighted by Gasteiger charge is -2.40. The van der Waals surface area contributed by atoms with Gasteiger partial charge in [-0.15, -0.1) is 0 Å². The summed E-state index contributed by atoms with van der Waals surface area (Å²) in [6.07, 6.45) is -1.56. The van der Waals surface area contributed by atoms with Crippen LogP contribution in [0.25, 0.3) is 0 Å². The molecule has 1 saturated carbocycles. The molecule has 0 spiro atoms. The maximum Gasteiger partial charge on any atom is 0.416 e. The van der Waals surface area contributed by atoms with E-state index in [1.54, 1.807) is 0 Å². The van der Waals surface area contributed by atoms with Gasteiger partial charge in [0.15, 0.2) is 6.10 Å². The van der Waals surface area contributed by atoms with E-state index in [4.69, 9.17) is 15.6 Å². The van der Waals surface area contributed by atoms with Gasteiger partial charge in [-0.2, -0.15) is 13.2 Å². The van der Waals surface area contributed by atoms with Gasteiger partial charge in [0, 0.05) is 6.54 Å². The van der Waals surface area contributed by atoms with Gasteiger partial charge in [-0.1, -0.05) is 19.8 Å². The molecule has 1 aliphatic rings. The third-order valence-corrected chi connectivity index (χ3v) is 4.01. The standard InChI is InChI=1S/C13H24F3NO2/c1-2-3-10-4-6-12(9-17,7-5-10)19-8-11(18)13(14,15)16/h10-11,18H,2-9,17H2,1H3. The number of hydrogen-bond donors (Lipinski definition) is 2. The van der Waals surface area contributed by atoms with E-state index >= 15 is 0 Å². The van der Waals surface area contributed by atoms with E-state index in [-0.39, 0.29) is 6.54 Å². The van der Waals surface area contributed by atoms with Crippen LogP contribution in [-0.4, -0.2) is 36.1 Å². The van der Waals surface area contributed by atoms with Crippen molar-refractivity contribution in [3.05, 3.63) is 0 Å². The quantitative estimate of drug-likeness (QED) is 0.788. The largest absolute Gasteiger partial charge is 0.416 e. The summed E-state index contributed by atoms with van der Waals surface area (Å²) in [5.74, 6) is 0.626. The van der Waals surface area contributed by atoms with Crippen LogP contribution in [0.3, 0.4) is 0 Å². The van der Waals surface area contributed by atoms with Crippen LogP contribution in [0.1, 0.15) is 45.4 Å². The van der Waals surface area contributed by atoms with E-state index in [1.165, 1.54) is 0 Å². The smallest absolute Gasteiger partial charge is 0.382 e. The van der Waals surface area contributed by atoms with Crippen LogP contribution in [0.5, 0.6) is 0 Å². The summed E-state index contributed by atoms with van der Waals surface area (Å²) in [7, 11) is 0. The summed E-state index contributed by atoms with van der Waals surface area (Å²) in [5.41, 5.74) is 4.98. The van der Waals surface area contributed by atoms with Crippen LogP contribution >= 0.6 is 0 Å². The second-order valence-electron chi connectivity index (χ2n) is 5.49. The van der Waals surface area contributed by atoms with E-state index in [9.17, 15) is 13.2 Å². The highest BCUT2D eigenvalue weighted by Gasteiger charge is 2.41. The molecule has 0 aliphatic heterocycles. The highest BCUT2D eigenvalue weighted by Crippen LogP contribution is 2.36. The average molecular weight is 283 g/mol. The van der Waals surface area contributed by atoms with Gasteiger partial charge in [0.1, 0.15) is 0 Å². The Morgan fingerprint density at radius 3 is 2.37 bits per heavy atom. The van der Waals surface area contributed by atoms with Crippen molar-refractivity contribution in [2.45, 2.75) is 63.3 Å². The van der Waals surface area contributed by atoms with Gasteiger partial charge in [0.25, 0.3) is 0 Å². The summed E-state index contributed by atoms with van der Waals surface area (Å²) in [6.45, 7) is 1.61. The average Bonchev–Trinajstić information content (AvgIpc) is 2.37. The number of aliphatic hydroxyl groups excluding tert-OH is 1. The summed E-state index contributed by atoms with van der Waals surface area (Å²) >= 11 is 0. The summed E-state index contributed by atoms with van der Waals surface area (Å²) in [5, 5.41) is 8.97. The molecule has 1 atom stereocenters. The lowest BCUT2D eigenvalue weighted by Crippen LogP contribution is -2.47.